The molecule has 12 heteroatoms. The van der Waals surface area contributed by atoms with Gasteiger partial charge in [-0.2, -0.15) is 0 Å². The SMILES string of the molecule is CC(C)(C)OC(=O)N1CCC(S(=O)(=O)c2ccc(N(C(=O)C3CNC3)c3ccc(Cl)nn3)cc2)CC1. The monoisotopic (exact) mass is 535 g/mol. The normalized spacial score (nSPS) is 17.4. The number of carbonyl (C=O) groups is 2. The molecule has 194 valence electrons. The van der Waals surface area contributed by atoms with Crippen molar-refractivity contribution in [1.82, 2.24) is 20.4 Å². The van der Waals surface area contributed by atoms with Crippen LogP contribution in [-0.2, 0) is 19.4 Å². The van der Waals surface area contributed by atoms with Crippen LogP contribution in [0, 0.1) is 5.92 Å². The highest BCUT2D eigenvalue weighted by Crippen LogP contribution is 2.31. The van der Waals surface area contributed by atoms with Crippen molar-refractivity contribution < 1.29 is 22.7 Å². The number of nitrogens with one attached hydrogen (secondary N) is 1. The molecule has 0 radical (unpaired) electrons. The van der Waals surface area contributed by atoms with Crippen molar-refractivity contribution in [2.45, 2.75) is 49.4 Å². The fraction of sp³-hybridized carbons (Fsp3) is 0.500. The summed E-state index contributed by atoms with van der Waals surface area (Å²) < 4.78 is 32.0. The summed E-state index contributed by atoms with van der Waals surface area (Å²) in [6.45, 7) is 7.12. The number of ether oxygens (including phenoxy) is 1. The molecule has 10 nitrogen and oxygen atoms in total. The Labute approximate surface area is 215 Å². The lowest BCUT2D eigenvalue weighted by atomic mass is 10.0. The van der Waals surface area contributed by atoms with E-state index in [0.717, 1.165) is 0 Å². The van der Waals surface area contributed by atoms with Crippen LogP contribution in [0.3, 0.4) is 0 Å². The first kappa shape index (κ1) is 26.3. The number of nitrogens with zero attached hydrogens (tertiary/aromatic N) is 4. The van der Waals surface area contributed by atoms with E-state index in [2.05, 4.69) is 15.5 Å². The number of sulfone groups is 1. The summed E-state index contributed by atoms with van der Waals surface area (Å²) in [5.74, 6) is -0.0574. The number of piperidine rings is 1. The minimum absolute atomic E-state index is 0.157. The van der Waals surface area contributed by atoms with Crippen molar-refractivity contribution in [2.75, 3.05) is 31.1 Å². The van der Waals surface area contributed by atoms with E-state index in [1.165, 1.54) is 17.0 Å². The molecular weight excluding hydrogens is 506 g/mol. The van der Waals surface area contributed by atoms with Gasteiger partial charge >= 0.3 is 6.09 Å². The number of rotatable bonds is 5. The second-order valence-electron chi connectivity index (χ2n) is 9.95. The van der Waals surface area contributed by atoms with E-state index in [1.807, 2.05) is 0 Å². The van der Waals surface area contributed by atoms with Crippen LogP contribution in [0.2, 0.25) is 5.15 Å². The zero-order valence-corrected chi connectivity index (χ0v) is 22.1. The summed E-state index contributed by atoms with van der Waals surface area (Å²) in [6.07, 6.45) is 0.214. The largest absolute Gasteiger partial charge is 0.444 e. The van der Waals surface area contributed by atoms with Gasteiger partial charge in [-0.3, -0.25) is 9.69 Å². The fourth-order valence-corrected chi connectivity index (χ4v) is 5.93. The van der Waals surface area contributed by atoms with Gasteiger partial charge in [0.1, 0.15) is 5.60 Å². The molecule has 1 aromatic carbocycles. The molecule has 1 aromatic heterocycles. The first-order valence-electron chi connectivity index (χ1n) is 11.8. The van der Waals surface area contributed by atoms with Gasteiger partial charge in [0.05, 0.1) is 21.8 Å². The van der Waals surface area contributed by atoms with E-state index in [0.29, 0.717) is 50.5 Å². The molecule has 2 aliphatic heterocycles. The Hall–Kier alpha value is -2.76. The summed E-state index contributed by atoms with van der Waals surface area (Å²) in [7, 11) is -3.63. The third-order valence-electron chi connectivity index (χ3n) is 6.15. The van der Waals surface area contributed by atoms with Gasteiger partial charge in [-0.15, -0.1) is 10.2 Å². The molecule has 0 spiro atoms. The number of halogens is 1. The van der Waals surface area contributed by atoms with E-state index in [4.69, 9.17) is 16.3 Å². The topological polar surface area (TPSA) is 122 Å². The zero-order chi connectivity index (χ0) is 26.1. The molecule has 0 bridgehead atoms. The quantitative estimate of drug-likeness (QED) is 0.619. The average molecular weight is 536 g/mol. The number of anilines is 2. The van der Waals surface area contributed by atoms with E-state index >= 15 is 0 Å². The molecule has 36 heavy (non-hydrogen) atoms. The number of amides is 2. The Morgan fingerprint density at radius 2 is 1.69 bits per heavy atom. The first-order chi connectivity index (χ1) is 17.0. The van der Waals surface area contributed by atoms with Gasteiger partial charge in [-0.25, -0.2) is 13.2 Å². The molecule has 0 aliphatic carbocycles. The number of benzene rings is 1. The van der Waals surface area contributed by atoms with Crippen molar-refractivity contribution >= 4 is 44.9 Å². The van der Waals surface area contributed by atoms with Crippen LogP contribution in [0.25, 0.3) is 0 Å². The van der Waals surface area contributed by atoms with Gasteiger partial charge in [0.15, 0.2) is 20.8 Å². The van der Waals surface area contributed by atoms with Crippen LogP contribution < -0.4 is 10.2 Å². The van der Waals surface area contributed by atoms with Crippen molar-refractivity contribution in [1.29, 1.82) is 0 Å². The minimum Gasteiger partial charge on any atom is -0.444 e. The van der Waals surface area contributed by atoms with Gasteiger partial charge in [0.2, 0.25) is 5.91 Å². The summed E-state index contributed by atoms with van der Waals surface area (Å²) in [6, 6.07) is 9.36. The highest BCUT2D eigenvalue weighted by molar-refractivity contribution is 7.92. The van der Waals surface area contributed by atoms with Gasteiger partial charge in [-0.05, 0) is 70.0 Å². The van der Waals surface area contributed by atoms with Crippen LogP contribution in [-0.4, -0.2) is 72.5 Å². The Kier molecular flexibility index (Phi) is 7.53. The third kappa shape index (κ3) is 5.79. The summed E-state index contributed by atoms with van der Waals surface area (Å²) in [4.78, 5) is 28.6. The molecule has 0 atom stereocenters. The average Bonchev–Trinajstić information content (AvgIpc) is 2.79. The molecule has 4 rings (SSSR count). The van der Waals surface area contributed by atoms with Gasteiger partial charge < -0.3 is 15.0 Å². The maximum atomic E-state index is 13.3. The van der Waals surface area contributed by atoms with Gasteiger partial charge in [0.25, 0.3) is 0 Å². The summed E-state index contributed by atoms with van der Waals surface area (Å²) in [5, 5.41) is 10.6. The number of aromatic nitrogens is 2. The zero-order valence-electron chi connectivity index (χ0n) is 20.5. The molecule has 2 saturated heterocycles. The fourth-order valence-electron chi connectivity index (χ4n) is 4.10. The molecular formula is C24H30ClN5O5S. The second-order valence-corrected chi connectivity index (χ2v) is 12.6. The van der Waals surface area contributed by atoms with Gasteiger partial charge in [-0.1, -0.05) is 11.6 Å². The third-order valence-corrected chi connectivity index (χ3v) is 8.63. The standard InChI is InChI=1S/C24H30ClN5O5S/c1-24(2,3)35-23(32)29-12-10-19(11-13-29)36(33,34)18-6-4-17(5-7-18)30(22(31)16-14-26-15-16)21-9-8-20(25)27-28-21/h4-9,16,19,26H,10-15H2,1-3H3. The van der Waals surface area contributed by atoms with Crippen LogP contribution in [0.1, 0.15) is 33.6 Å². The number of hydrogen-bond donors (Lipinski definition) is 1. The van der Waals surface area contributed by atoms with E-state index in [-0.39, 0.29) is 21.9 Å². The first-order valence-corrected chi connectivity index (χ1v) is 13.7. The molecule has 2 amide bonds. The maximum Gasteiger partial charge on any atom is 0.410 e. The van der Waals surface area contributed by atoms with Crippen molar-refractivity contribution in [3.05, 3.63) is 41.6 Å². The minimum atomic E-state index is -3.63. The van der Waals surface area contributed by atoms with E-state index < -0.39 is 26.8 Å². The molecule has 0 unspecified atom stereocenters. The van der Waals surface area contributed by atoms with E-state index in [1.54, 1.807) is 49.9 Å². The molecule has 2 aromatic rings. The number of carbonyl (C=O) groups excluding carboxylic acids is 2. The van der Waals surface area contributed by atoms with Crippen molar-refractivity contribution in [3.63, 3.8) is 0 Å². The van der Waals surface area contributed by atoms with E-state index in [9.17, 15) is 18.0 Å². The molecule has 2 aliphatic rings. The summed E-state index contributed by atoms with van der Waals surface area (Å²) >= 11 is 5.86. The molecule has 0 saturated carbocycles. The molecule has 1 N–H and O–H groups in total. The van der Waals surface area contributed by atoms with Gasteiger partial charge in [0, 0.05) is 26.2 Å². The Morgan fingerprint density at radius 1 is 1.06 bits per heavy atom. The van der Waals surface area contributed by atoms with Crippen LogP contribution in [0.5, 0.6) is 0 Å². The highest BCUT2D eigenvalue weighted by atomic mass is 35.5. The predicted octanol–water partition coefficient (Wildman–Crippen LogP) is 3.19. The second kappa shape index (κ2) is 10.3. The van der Waals surface area contributed by atoms with Crippen molar-refractivity contribution in [2.24, 2.45) is 5.92 Å². The van der Waals surface area contributed by atoms with Crippen LogP contribution in [0.4, 0.5) is 16.3 Å². The number of likely N-dealkylation sites (tertiary alicyclic amines) is 1. The van der Waals surface area contributed by atoms with Crippen molar-refractivity contribution in [3.8, 4) is 0 Å². The lowest BCUT2D eigenvalue weighted by Gasteiger charge is -2.33. The smallest absolute Gasteiger partial charge is 0.410 e. The van der Waals surface area contributed by atoms with Crippen LogP contribution >= 0.6 is 11.6 Å². The lowest BCUT2D eigenvalue weighted by Crippen LogP contribution is -2.51. The Bertz CT molecular complexity index is 1200. The maximum absolute atomic E-state index is 13.3. The Balaban J connectivity index is 1.49. The molecule has 3 heterocycles. The lowest BCUT2D eigenvalue weighted by molar-refractivity contribution is -0.123. The number of hydrogen-bond acceptors (Lipinski definition) is 8. The highest BCUT2D eigenvalue weighted by Gasteiger charge is 2.35. The van der Waals surface area contributed by atoms with Crippen LogP contribution in [0.15, 0.2) is 41.3 Å². The Morgan fingerprint density at radius 3 is 2.19 bits per heavy atom. The summed E-state index contributed by atoms with van der Waals surface area (Å²) in [5.41, 5.74) is -0.119. The molecule has 2 fully saturated rings. The predicted molar refractivity (Wildman–Crippen MR) is 135 cm³/mol.